The third-order valence-corrected chi connectivity index (χ3v) is 6.28. The first kappa shape index (κ1) is 27.7. The van der Waals surface area contributed by atoms with Gasteiger partial charge in [-0.15, -0.1) is 0 Å². The monoisotopic (exact) mass is 538 g/mol. The molecule has 12 heteroatoms. The molecule has 39 heavy (non-hydrogen) atoms. The molecule has 0 unspecified atom stereocenters. The van der Waals surface area contributed by atoms with Gasteiger partial charge < -0.3 is 20.4 Å². The molecule has 3 aromatic rings. The van der Waals surface area contributed by atoms with Gasteiger partial charge in [-0.05, 0) is 38.6 Å². The summed E-state index contributed by atoms with van der Waals surface area (Å²) in [4.78, 5) is 34.8. The maximum Gasteiger partial charge on any atom is 0.412 e. The fraction of sp³-hybridized carbons (Fsp3) is 0.296. The maximum atomic E-state index is 12.6. The molecule has 1 amide bonds. The van der Waals surface area contributed by atoms with E-state index in [0.29, 0.717) is 34.2 Å². The first-order chi connectivity index (χ1) is 18.5. The number of halogens is 3. The molecule has 0 bridgehead atoms. The first-order valence-corrected chi connectivity index (χ1v) is 12.2. The number of hydrogen-bond donors (Lipinski definition) is 2. The number of rotatable bonds is 7. The summed E-state index contributed by atoms with van der Waals surface area (Å²) in [6, 6.07) is 5.27. The van der Waals surface area contributed by atoms with Gasteiger partial charge in [-0.3, -0.25) is 4.79 Å². The Balaban J connectivity index is 1.51. The number of carbonyl (C=O) groups excluding carboxylic acids is 1. The van der Waals surface area contributed by atoms with E-state index in [2.05, 4.69) is 49.0 Å². The summed E-state index contributed by atoms with van der Waals surface area (Å²) in [6.07, 6.45) is 1.93. The highest BCUT2D eigenvalue weighted by atomic mass is 19.4. The van der Waals surface area contributed by atoms with Crippen molar-refractivity contribution in [1.29, 1.82) is 0 Å². The normalized spacial score (nSPS) is 15.1. The molecule has 4 rings (SSSR count). The van der Waals surface area contributed by atoms with Gasteiger partial charge in [0, 0.05) is 48.7 Å². The van der Waals surface area contributed by atoms with Gasteiger partial charge in [0.25, 0.3) is 5.91 Å². The van der Waals surface area contributed by atoms with Crippen LogP contribution in [-0.2, 0) is 4.79 Å². The molecule has 3 heterocycles. The number of hydrogen-bond acceptors (Lipinski definition) is 8. The van der Waals surface area contributed by atoms with Crippen molar-refractivity contribution in [2.24, 2.45) is 0 Å². The average molecular weight is 539 g/mol. The predicted molar refractivity (Wildman–Crippen MR) is 146 cm³/mol. The molecule has 1 fully saturated rings. The minimum absolute atomic E-state index is 0.00578. The Labute approximate surface area is 224 Å². The Morgan fingerprint density at radius 2 is 1.87 bits per heavy atom. The van der Waals surface area contributed by atoms with E-state index in [1.54, 1.807) is 18.3 Å². The molecule has 204 valence electrons. The molecule has 0 saturated carbocycles. The van der Waals surface area contributed by atoms with E-state index in [0.717, 1.165) is 50.8 Å². The number of amides is 1. The minimum Gasteiger partial charge on any atom is -0.338 e. The summed E-state index contributed by atoms with van der Waals surface area (Å²) >= 11 is 0. The quantitative estimate of drug-likeness (QED) is 0.328. The summed E-state index contributed by atoms with van der Waals surface area (Å²) in [6.45, 7) is 9.97. The third-order valence-electron chi connectivity index (χ3n) is 6.28. The number of nitrogens with one attached hydrogen (secondary N) is 2. The number of fused-ring (bicyclic) bond motifs is 1. The van der Waals surface area contributed by atoms with Crippen LogP contribution in [0.4, 0.5) is 36.3 Å². The number of alkyl halides is 3. The molecular formula is C27H29F3N8O. The molecule has 2 N–H and O–H groups in total. The highest BCUT2D eigenvalue weighted by molar-refractivity contribution is 6.05. The van der Waals surface area contributed by atoms with Crippen LogP contribution in [0.15, 0.2) is 66.7 Å². The molecule has 2 aromatic heterocycles. The van der Waals surface area contributed by atoms with Gasteiger partial charge in [0.05, 0.1) is 6.20 Å². The number of aromatic nitrogens is 4. The van der Waals surface area contributed by atoms with Gasteiger partial charge in [-0.1, -0.05) is 30.9 Å². The van der Waals surface area contributed by atoms with E-state index in [1.165, 1.54) is 12.4 Å². The zero-order chi connectivity index (χ0) is 28.2. The summed E-state index contributed by atoms with van der Waals surface area (Å²) < 4.78 is 37.9. The zero-order valence-corrected chi connectivity index (χ0v) is 21.9. The summed E-state index contributed by atoms with van der Waals surface area (Å²) in [5, 5.41) is 6.00. The van der Waals surface area contributed by atoms with Gasteiger partial charge in [-0.25, -0.2) is 19.9 Å². The summed E-state index contributed by atoms with van der Waals surface area (Å²) in [5.41, 5.74) is 2.42. The van der Waals surface area contributed by atoms with Crippen LogP contribution in [-0.4, -0.2) is 70.1 Å². The molecular weight excluding hydrogens is 509 g/mol. The predicted octanol–water partition coefficient (Wildman–Crippen LogP) is 4.78. The molecule has 1 aliphatic heterocycles. The Morgan fingerprint density at radius 3 is 2.59 bits per heavy atom. The van der Waals surface area contributed by atoms with E-state index in [-0.39, 0.29) is 5.57 Å². The largest absolute Gasteiger partial charge is 0.412 e. The fourth-order valence-corrected chi connectivity index (χ4v) is 3.75. The lowest BCUT2D eigenvalue weighted by Gasteiger charge is -2.32. The number of piperazine rings is 1. The highest BCUT2D eigenvalue weighted by Crippen LogP contribution is 2.28. The number of anilines is 4. The number of benzene rings is 1. The smallest absolute Gasteiger partial charge is 0.338 e. The lowest BCUT2D eigenvalue weighted by atomic mass is 10.1. The molecule has 1 aromatic carbocycles. The van der Waals surface area contributed by atoms with E-state index in [9.17, 15) is 18.0 Å². The fourth-order valence-electron chi connectivity index (χ4n) is 3.75. The highest BCUT2D eigenvalue weighted by Gasteiger charge is 2.29. The van der Waals surface area contributed by atoms with Crippen LogP contribution in [0.25, 0.3) is 11.0 Å². The second-order valence-corrected chi connectivity index (χ2v) is 9.26. The van der Waals surface area contributed by atoms with Crippen LogP contribution in [0.2, 0.25) is 0 Å². The molecule has 0 aliphatic carbocycles. The van der Waals surface area contributed by atoms with Crippen LogP contribution in [0.5, 0.6) is 0 Å². The number of carbonyl (C=O) groups is 1. The Morgan fingerprint density at radius 1 is 1.13 bits per heavy atom. The lowest BCUT2D eigenvalue weighted by Crippen LogP contribution is -2.45. The number of likely N-dealkylation sites (N-methyl/N-ethyl adjacent to an activating group) is 1. The lowest BCUT2D eigenvalue weighted by molar-refractivity contribution is -0.112. The number of allylic oxidation sites excluding steroid dienone is 3. The molecule has 9 nitrogen and oxygen atoms in total. The van der Waals surface area contributed by atoms with Gasteiger partial charge in [0.15, 0.2) is 5.82 Å². The topological polar surface area (TPSA) is 99.2 Å². The van der Waals surface area contributed by atoms with Gasteiger partial charge in [-0.2, -0.15) is 13.2 Å². The Kier molecular flexibility index (Phi) is 8.24. The standard InChI is InChI=1S/C27H29F3N8O/c1-17-8-9-20(34-25(39)18(2)6-5-7-19(3)27(28,29)30)14-21(17)35-24-23-22(32-16-33-24)15-31-26(36-23)38-12-10-37(4)11-13-38/h5-9,14-16H,2,10-13H2,1,3-4H3,(H,34,39)(H,32,33,35)/b6-5-,19-7+. The van der Waals surface area contributed by atoms with Crippen molar-refractivity contribution in [3.63, 3.8) is 0 Å². The second kappa shape index (κ2) is 11.6. The molecule has 0 radical (unpaired) electrons. The SMILES string of the molecule is C=C(/C=C\C=C(/C)C(F)(F)F)C(=O)Nc1ccc(C)c(Nc2ncnc3cnc(N4CCN(C)CC4)nc23)c1. The third kappa shape index (κ3) is 6.96. The van der Waals surface area contributed by atoms with Gasteiger partial charge in [0.2, 0.25) is 5.95 Å². The van der Waals surface area contributed by atoms with Crippen molar-refractivity contribution >= 4 is 40.1 Å². The van der Waals surface area contributed by atoms with Crippen molar-refractivity contribution in [1.82, 2.24) is 24.8 Å². The molecule has 1 saturated heterocycles. The van der Waals surface area contributed by atoms with Crippen LogP contribution in [0, 0.1) is 6.92 Å². The van der Waals surface area contributed by atoms with Crippen LogP contribution in [0.1, 0.15) is 12.5 Å². The molecule has 0 atom stereocenters. The van der Waals surface area contributed by atoms with Gasteiger partial charge >= 0.3 is 6.18 Å². The summed E-state index contributed by atoms with van der Waals surface area (Å²) in [7, 11) is 2.08. The van der Waals surface area contributed by atoms with Crippen LogP contribution >= 0.6 is 0 Å². The van der Waals surface area contributed by atoms with E-state index < -0.39 is 17.7 Å². The number of nitrogens with zero attached hydrogens (tertiary/aromatic N) is 6. The Bertz CT molecular complexity index is 1440. The van der Waals surface area contributed by atoms with E-state index in [4.69, 9.17) is 4.98 Å². The van der Waals surface area contributed by atoms with Crippen molar-refractivity contribution < 1.29 is 18.0 Å². The summed E-state index contributed by atoms with van der Waals surface area (Å²) in [5.74, 6) is 0.553. The van der Waals surface area contributed by atoms with Crippen molar-refractivity contribution in [2.75, 3.05) is 48.8 Å². The van der Waals surface area contributed by atoms with E-state index in [1.807, 2.05) is 13.0 Å². The Hall–Kier alpha value is -4.32. The number of aryl methyl sites for hydroxylation is 1. The van der Waals surface area contributed by atoms with Crippen molar-refractivity contribution in [3.8, 4) is 0 Å². The molecule has 1 aliphatic rings. The molecule has 0 spiro atoms. The maximum absolute atomic E-state index is 12.6. The van der Waals surface area contributed by atoms with Gasteiger partial charge in [0.1, 0.15) is 17.4 Å². The second-order valence-electron chi connectivity index (χ2n) is 9.26. The van der Waals surface area contributed by atoms with E-state index >= 15 is 0 Å². The van der Waals surface area contributed by atoms with Crippen molar-refractivity contribution in [2.45, 2.75) is 20.0 Å². The van der Waals surface area contributed by atoms with Crippen molar-refractivity contribution in [3.05, 3.63) is 72.2 Å². The van der Waals surface area contributed by atoms with Crippen LogP contribution < -0.4 is 15.5 Å². The minimum atomic E-state index is -4.42. The average Bonchev–Trinajstić information content (AvgIpc) is 2.90. The van der Waals surface area contributed by atoms with Crippen LogP contribution in [0.3, 0.4) is 0 Å². The first-order valence-electron chi connectivity index (χ1n) is 12.2. The zero-order valence-electron chi connectivity index (χ0n) is 21.9.